The Kier molecular flexibility index (Phi) is 3.79. The lowest BCUT2D eigenvalue weighted by Gasteiger charge is -2.19. The first-order valence-electron chi connectivity index (χ1n) is 8.89. The minimum atomic E-state index is -0.113. The van der Waals surface area contributed by atoms with Crippen LogP contribution in [0.4, 0.5) is 0 Å². The van der Waals surface area contributed by atoms with Crippen LogP contribution in [-0.4, -0.2) is 25.3 Å². The predicted molar refractivity (Wildman–Crippen MR) is 99.0 cm³/mol. The van der Waals surface area contributed by atoms with E-state index in [1.165, 1.54) is 0 Å². The van der Waals surface area contributed by atoms with Crippen LogP contribution in [-0.2, 0) is 16.8 Å². The maximum absolute atomic E-state index is 12.3. The number of aromatic nitrogens is 4. The van der Waals surface area contributed by atoms with E-state index in [0.717, 1.165) is 34.0 Å². The van der Waals surface area contributed by atoms with Gasteiger partial charge in [0.25, 0.3) is 0 Å². The van der Waals surface area contributed by atoms with Crippen LogP contribution in [0.2, 0.25) is 0 Å². The molecular weight excluding hydrogens is 326 g/mol. The molecule has 0 radical (unpaired) electrons. The van der Waals surface area contributed by atoms with E-state index in [-0.39, 0.29) is 17.2 Å². The lowest BCUT2D eigenvalue weighted by atomic mass is 9.92. The predicted octanol–water partition coefficient (Wildman–Crippen LogP) is 2.88. The minimum Gasteiger partial charge on any atom is -0.350 e. The van der Waals surface area contributed by atoms with E-state index in [9.17, 15) is 4.79 Å². The zero-order valence-electron chi connectivity index (χ0n) is 15.6. The summed E-state index contributed by atoms with van der Waals surface area (Å²) >= 11 is 0. The van der Waals surface area contributed by atoms with Crippen molar-refractivity contribution in [1.29, 1.82) is 0 Å². The zero-order valence-corrected chi connectivity index (χ0v) is 15.6. The number of carbonyl (C=O) groups is 1. The van der Waals surface area contributed by atoms with E-state index in [4.69, 9.17) is 4.98 Å². The van der Waals surface area contributed by atoms with Crippen molar-refractivity contribution >= 4 is 11.6 Å². The second-order valence-corrected chi connectivity index (χ2v) is 8.00. The molecule has 4 rings (SSSR count). The number of nitrogens with zero attached hydrogens (tertiary/aromatic N) is 4. The van der Waals surface area contributed by atoms with Crippen molar-refractivity contribution < 1.29 is 4.79 Å². The summed E-state index contributed by atoms with van der Waals surface area (Å²) < 4.78 is 2.10. The zero-order chi connectivity index (χ0) is 18.5. The fraction of sp³-hybridized carbons (Fsp3) is 0.400. The second-order valence-electron chi connectivity index (χ2n) is 8.00. The number of imidazole rings is 1. The first-order valence-corrected chi connectivity index (χ1v) is 8.89. The Morgan fingerprint density at radius 3 is 2.62 bits per heavy atom. The van der Waals surface area contributed by atoms with E-state index in [1.807, 2.05) is 18.5 Å². The fourth-order valence-corrected chi connectivity index (χ4v) is 3.43. The highest BCUT2D eigenvalue weighted by Gasteiger charge is 2.29. The molecule has 6 nitrogen and oxygen atoms in total. The van der Waals surface area contributed by atoms with Crippen molar-refractivity contribution in [1.82, 2.24) is 24.7 Å². The second kappa shape index (κ2) is 5.90. The number of pyridine rings is 1. The van der Waals surface area contributed by atoms with Crippen molar-refractivity contribution in [3.05, 3.63) is 59.1 Å². The summed E-state index contributed by atoms with van der Waals surface area (Å²) in [5.41, 5.74) is 4.85. The number of hydrogen-bond acceptors (Lipinski definition) is 4. The van der Waals surface area contributed by atoms with Crippen LogP contribution in [0.1, 0.15) is 61.4 Å². The van der Waals surface area contributed by atoms with E-state index >= 15 is 0 Å². The molecule has 4 heterocycles. The van der Waals surface area contributed by atoms with Crippen LogP contribution in [0.5, 0.6) is 0 Å². The molecule has 0 bridgehead atoms. The molecule has 1 aliphatic heterocycles. The average molecular weight is 349 g/mol. The first kappa shape index (κ1) is 16.7. The Labute approximate surface area is 152 Å². The van der Waals surface area contributed by atoms with Crippen molar-refractivity contribution in [3.63, 3.8) is 0 Å². The van der Waals surface area contributed by atoms with E-state index in [0.29, 0.717) is 13.0 Å². The number of hydrogen-bond donors (Lipinski definition) is 1. The van der Waals surface area contributed by atoms with Gasteiger partial charge in [-0.1, -0.05) is 26.8 Å². The van der Waals surface area contributed by atoms with Gasteiger partial charge in [-0.2, -0.15) is 0 Å². The smallest absolute Gasteiger partial charge is 0.221 e. The molecule has 0 spiro atoms. The normalized spacial score (nSPS) is 17.7. The Morgan fingerprint density at radius 1 is 1.19 bits per heavy atom. The topological polar surface area (TPSA) is 72.2 Å². The summed E-state index contributed by atoms with van der Waals surface area (Å²) in [5.74, 6) is 0.709. The molecule has 1 aliphatic rings. The van der Waals surface area contributed by atoms with Gasteiger partial charge < -0.3 is 9.72 Å². The van der Waals surface area contributed by atoms with E-state index < -0.39 is 0 Å². The lowest BCUT2D eigenvalue weighted by molar-refractivity contribution is -0.121. The van der Waals surface area contributed by atoms with Gasteiger partial charge in [-0.25, -0.2) is 15.0 Å². The third-order valence-electron chi connectivity index (χ3n) is 4.80. The van der Waals surface area contributed by atoms with Gasteiger partial charge in [0.05, 0.1) is 17.9 Å². The molecule has 3 aromatic heterocycles. The van der Waals surface area contributed by atoms with Gasteiger partial charge in [0.2, 0.25) is 5.91 Å². The summed E-state index contributed by atoms with van der Waals surface area (Å²) in [6.45, 7) is 8.78. The van der Waals surface area contributed by atoms with Crippen LogP contribution in [0, 0.1) is 6.92 Å². The SMILES string of the molecule is Cc1ccc2nc3c(n2c1)[C@@H](c1cnc(C(C)(C)C)nc1)CC(=O)NC3. The summed E-state index contributed by atoms with van der Waals surface area (Å²) in [6, 6.07) is 4.07. The van der Waals surface area contributed by atoms with Crippen LogP contribution >= 0.6 is 0 Å². The number of nitrogens with one attached hydrogen (secondary N) is 1. The van der Waals surface area contributed by atoms with Crippen LogP contribution in [0.15, 0.2) is 30.7 Å². The fourth-order valence-electron chi connectivity index (χ4n) is 3.43. The quantitative estimate of drug-likeness (QED) is 0.733. The number of carbonyl (C=O) groups excluding carboxylic acids is 1. The summed E-state index contributed by atoms with van der Waals surface area (Å²) in [4.78, 5) is 26.1. The Balaban J connectivity index is 1.86. The molecule has 0 aromatic carbocycles. The third-order valence-corrected chi connectivity index (χ3v) is 4.80. The highest BCUT2D eigenvalue weighted by Crippen LogP contribution is 2.33. The van der Waals surface area contributed by atoms with Gasteiger partial charge in [-0.15, -0.1) is 0 Å². The molecule has 3 aromatic rings. The number of aryl methyl sites for hydroxylation is 1. The third kappa shape index (κ3) is 2.85. The molecule has 1 atom stereocenters. The van der Waals surface area contributed by atoms with Crippen molar-refractivity contribution in [2.75, 3.05) is 0 Å². The van der Waals surface area contributed by atoms with Gasteiger partial charge in [0.1, 0.15) is 11.5 Å². The lowest BCUT2D eigenvalue weighted by Crippen LogP contribution is -2.22. The van der Waals surface area contributed by atoms with E-state index in [2.05, 4.69) is 59.6 Å². The maximum atomic E-state index is 12.3. The summed E-state index contributed by atoms with van der Waals surface area (Å²) in [5, 5.41) is 2.96. The number of amides is 1. The van der Waals surface area contributed by atoms with Gasteiger partial charge in [-0.3, -0.25) is 4.79 Å². The van der Waals surface area contributed by atoms with Crippen LogP contribution < -0.4 is 5.32 Å². The molecular formula is C20H23N5O. The average Bonchev–Trinajstić information content (AvgIpc) is 2.85. The molecule has 0 saturated heterocycles. The van der Waals surface area contributed by atoms with Crippen LogP contribution in [0.3, 0.4) is 0 Å². The van der Waals surface area contributed by atoms with Crippen molar-refractivity contribution in [3.8, 4) is 0 Å². The molecule has 0 aliphatic carbocycles. The molecule has 1 N–H and O–H groups in total. The highest BCUT2D eigenvalue weighted by atomic mass is 16.1. The van der Waals surface area contributed by atoms with Crippen molar-refractivity contribution in [2.45, 2.75) is 52.0 Å². The summed E-state index contributed by atoms with van der Waals surface area (Å²) in [6.07, 6.45) is 6.16. The Morgan fingerprint density at radius 2 is 1.92 bits per heavy atom. The molecule has 134 valence electrons. The Hall–Kier alpha value is -2.76. The monoisotopic (exact) mass is 349 g/mol. The number of rotatable bonds is 1. The molecule has 1 amide bonds. The first-order chi connectivity index (χ1) is 12.3. The van der Waals surface area contributed by atoms with Gasteiger partial charge in [-0.05, 0) is 24.1 Å². The van der Waals surface area contributed by atoms with Gasteiger partial charge in [0, 0.05) is 36.3 Å². The van der Waals surface area contributed by atoms with Gasteiger partial charge in [0.15, 0.2) is 0 Å². The van der Waals surface area contributed by atoms with Crippen LogP contribution in [0.25, 0.3) is 5.65 Å². The largest absolute Gasteiger partial charge is 0.350 e. The standard InChI is InChI=1S/C20H23N5O/c1-12-5-6-16-24-15-10-21-17(26)7-14(18(15)25(16)11-12)13-8-22-19(23-9-13)20(2,3)4/h5-6,8-9,11,14H,7,10H2,1-4H3,(H,21,26)/t14-/m1/s1. The molecule has 0 saturated carbocycles. The highest BCUT2D eigenvalue weighted by molar-refractivity contribution is 5.78. The minimum absolute atomic E-state index is 0.0225. The molecule has 0 fully saturated rings. The molecule has 26 heavy (non-hydrogen) atoms. The molecule has 0 unspecified atom stereocenters. The maximum Gasteiger partial charge on any atom is 0.221 e. The summed E-state index contributed by atoms with van der Waals surface area (Å²) in [7, 11) is 0. The Bertz CT molecular complexity index is 982. The molecule has 6 heteroatoms. The van der Waals surface area contributed by atoms with Crippen molar-refractivity contribution in [2.24, 2.45) is 0 Å². The van der Waals surface area contributed by atoms with E-state index in [1.54, 1.807) is 0 Å². The van der Waals surface area contributed by atoms with Gasteiger partial charge >= 0.3 is 0 Å². The number of fused-ring (bicyclic) bond motifs is 3.